The van der Waals surface area contributed by atoms with Gasteiger partial charge < -0.3 is 0 Å². The molecule has 17 heavy (non-hydrogen) atoms. The maximum absolute atomic E-state index is 12.4. The van der Waals surface area contributed by atoms with Gasteiger partial charge in [-0.1, -0.05) is 43.3 Å². The first-order valence-electron chi connectivity index (χ1n) is 5.91. The minimum absolute atomic E-state index is 0.170. The molecule has 1 aliphatic rings. The van der Waals surface area contributed by atoms with E-state index in [2.05, 4.69) is 43.3 Å². The van der Waals surface area contributed by atoms with Gasteiger partial charge in [-0.3, -0.25) is 4.21 Å². The lowest BCUT2D eigenvalue weighted by Crippen LogP contribution is -2.15. The predicted molar refractivity (Wildman–Crippen MR) is 73.5 cm³/mol. The van der Waals surface area contributed by atoms with Gasteiger partial charge in [0.05, 0.1) is 16.0 Å². The third kappa shape index (κ3) is 1.73. The van der Waals surface area contributed by atoms with Crippen LogP contribution in [0.5, 0.6) is 0 Å². The van der Waals surface area contributed by atoms with E-state index >= 15 is 0 Å². The largest absolute Gasteiger partial charge is 0.254 e. The summed E-state index contributed by atoms with van der Waals surface area (Å²) in [4.78, 5) is 0.984. The summed E-state index contributed by atoms with van der Waals surface area (Å²) in [5.41, 5.74) is 1.10. The highest BCUT2D eigenvalue weighted by atomic mass is 32.2. The molecular formula is C15H14OS. The molecule has 1 nitrogen and oxygen atoms in total. The highest BCUT2D eigenvalue weighted by Crippen LogP contribution is 2.30. The first-order valence-corrected chi connectivity index (χ1v) is 7.12. The Morgan fingerprint density at radius 2 is 1.88 bits per heavy atom. The maximum atomic E-state index is 12.4. The van der Waals surface area contributed by atoms with E-state index in [1.807, 2.05) is 12.1 Å². The number of benzene rings is 2. The summed E-state index contributed by atoms with van der Waals surface area (Å²) in [6.07, 6.45) is 5.11. The van der Waals surface area contributed by atoms with Crippen molar-refractivity contribution in [2.45, 2.75) is 23.5 Å². The van der Waals surface area contributed by atoms with Gasteiger partial charge in [0, 0.05) is 4.90 Å². The molecule has 2 aromatic rings. The Morgan fingerprint density at radius 3 is 2.59 bits per heavy atom. The van der Waals surface area contributed by atoms with Crippen molar-refractivity contribution in [1.29, 1.82) is 0 Å². The fourth-order valence-electron chi connectivity index (χ4n) is 2.27. The molecule has 2 heteroatoms. The Kier molecular flexibility index (Phi) is 2.60. The zero-order chi connectivity index (χ0) is 11.8. The lowest BCUT2D eigenvalue weighted by molar-refractivity contribution is 0.674. The maximum Gasteiger partial charge on any atom is 0.0605 e. The van der Waals surface area contributed by atoms with E-state index in [9.17, 15) is 4.21 Å². The van der Waals surface area contributed by atoms with Gasteiger partial charge in [0.15, 0.2) is 0 Å². The molecule has 0 aromatic heterocycles. The van der Waals surface area contributed by atoms with Crippen LogP contribution in [0.25, 0.3) is 16.8 Å². The van der Waals surface area contributed by atoms with Gasteiger partial charge >= 0.3 is 0 Å². The predicted octanol–water partition coefficient (Wildman–Crippen LogP) is 3.75. The monoisotopic (exact) mass is 242 g/mol. The summed E-state index contributed by atoms with van der Waals surface area (Å²) in [5, 5.41) is 2.55. The normalized spacial score (nSPS) is 22.6. The molecule has 2 unspecified atom stereocenters. The molecule has 0 bridgehead atoms. The Bertz CT molecular complexity index is 628. The number of hydrogen-bond acceptors (Lipinski definition) is 1. The van der Waals surface area contributed by atoms with Crippen LogP contribution < -0.4 is 0 Å². The first-order chi connectivity index (χ1) is 8.29. The molecule has 0 saturated carbocycles. The van der Waals surface area contributed by atoms with Gasteiger partial charge in [-0.2, -0.15) is 0 Å². The van der Waals surface area contributed by atoms with E-state index in [0.29, 0.717) is 0 Å². The van der Waals surface area contributed by atoms with Crippen LogP contribution in [0.2, 0.25) is 0 Å². The van der Waals surface area contributed by atoms with Gasteiger partial charge in [-0.25, -0.2) is 0 Å². The minimum Gasteiger partial charge on any atom is -0.254 e. The molecule has 0 aliphatic carbocycles. The van der Waals surface area contributed by atoms with Gasteiger partial charge in [0.25, 0.3) is 0 Å². The molecule has 3 rings (SSSR count). The third-order valence-corrected chi connectivity index (χ3v) is 5.09. The first kappa shape index (κ1) is 10.7. The van der Waals surface area contributed by atoms with Crippen LogP contribution in [0.1, 0.15) is 18.9 Å². The van der Waals surface area contributed by atoms with Crippen molar-refractivity contribution in [3.63, 3.8) is 0 Å². The van der Waals surface area contributed by atoms with Crippen LogP contribution in [0.3, 0.4) is 0 Å². The van der Waals surface area contributed by atoms with E-state index in [4.69, 9.17) is 0 Å². The second-order valence-corrected chi connectivity index (χ2v) is 5.98. The van der Waals surface area contributed by atoms with Gasteiger partial charge in [-0.05, 0) is 34.9 Å². The van der Waals surface area contributed by atoms with Crippen molar-refractivity contribution in [3.05, 3.63) is 48.0 Å². The van der Waals surface area contributed by atoms with Crippen LogP contribution in [-0.4, -0.2) is 9.46 Å². The summed E-state index contributed by atoms with van der Waals surface area (Å²) in [5.74, 6) is 0. The molecule has 1 heterocycles. The average molecular weight is 242 g/mol. The highest BCUT2D eigenvalue weighted by Gasteiger charge is 2.20. The molecule has 0 saturated heterocycles. The molecule has 2 atom stereocenters. The number of hydrogen-bond donors (Lipinski definition) is 0. The van der Waals surface area contributed by atoms with Crippen LogP contribution in [0.15, 0.2) is 47.4 Å². The zero-order valence-corrected chi connectivity index (χ0v) is 10.5. The molecule has 86 valence electrons. The van der Waals surface area contributed by atoms with E-state index in [1.165, 1.54) is 10.8 Å². The molecule has 0 amide bonds. The lowest BCUT2D eigenvalue weighted by Gasteiger charge is -2.18. The van der Waals surface area contributed by atoms with E-state index in [0.717, 1.165) is 16.9 Å². The fraction of sp³-hybridized carbons (Fsp3) is 0.200. The van der Waals surface area contributed by atoms with E-state index in [1.54, 1.807) is 0 Å². The quantitative estimate of drug-likeness (QED) is 0.744. The van der Waals surface area contributed by atoms with Crippen molar-refractivity contribution in [2.24, 2.45) is 0 Å². The molecule has 0 fully saturated rings. The van der Waals surface area contributed by atoms with Crippen molar-refractivity contribution < 1.29 is 4.21 Å². The zero-order valence-electron chi connectivity index (χ0n) is 9.72. The van der Waals surface area contributed by atoms with E-state index < -0.39 is 10.8 Å². The molecule has 0 radical (unpaired) electrons. The summed E-state index contributed by atoms with van der Waals surface area (Å²) in [7, 11) is -0.896. The summed E-state index contributed by atoms with van der Waals surface area (Å²) in [6.45, 7) is 2.08. The third-order valence-electron chi connectivity index (χ3n) is 3.26. The Hall–Kier alpha value is -1.41. The topological polar surface area (TPSA) is 17.1 Å². The van der Waals surface area contributed by atoms with Gasteiger partial charge in [-0.15, -0.1) is 0 Å². The summed E-state index contributed by atoms with van der Waals surface area (Å²) in [6, 6.07) is 12.4. The average Bonchev–Trinajstić information content (AvgIpc) is 2.37. The SMILES string of the molecule is CCC1C=Cc2cc3ccccc3cc2S1=O. The van der Waals surface area contributed by atoms with Crippen molar-refractivity contribution in [2.75, 3.05) is 0 Å². The van der Waals surface area contributed by atoms with Crippen molar-refractivity contribution >= 4 is 27.6 Å². The summed E-state index contributed by atoms with van der Waals surface area (Å²) < 4.78 is 12.4. The van der Waals surface area contributed by atoms with Crippen molar-refractivity contribution in [3.8, 4) is 0 Å². The van der Waals surface area contributed by atoms with Gasteiger partial charge in [0.2, 0.25) is 0 Å². The minimum atomic E-state index is -0.896. The smallest absolute Gasteiger partial charge is 0.0605 e. The van der Waals surface area contributed by atoms with Crippen LogP contribution in [0.4, 0.5) is 0 Å². The standard InChI is InChI=1S/C15H14OS/c1-2-14-8-7-13-9-11-5-3-4-6-12(11)10-15(13)17(14)16/h3-10,14H,2H2,1H3. The Morgan fingerprint density at radius 1 is 1.18 bits per heavy atom. The molecular weight excluding hydrogens is 228 g/mol. The molecule has 0 N–H and O–H groups in total. The second kappa shape index (κ2) is 4.11. The van der Waals surface area contributed by atoms with Crippen molar-refractivity contribution in [1.82, 2.24) is 0 Å². The molecule has 0 spiro atoms. The second-order valence-electron chi connectivity index (χ2n) is 4.34. The van der Waals surface area contributed by atoms with Crippen LogP contribution >= 0.6 is 0 Å². The molecule has 2 aromatic carbocycles. The fourth-order valence-corrected chi connectivity index (χ4v) is 3.73. The van der Waals surface area contributed by atoms with E-state index in [-0.39, 0.29) is 5.25 Å². The van der Waals surface area contributed by atoms with Gasteiger partial charge in [0.1, 0.15) is 0 Å². The Balaban J connectivity index is 2.24. The number of rotatable bonds is 1. The van der Waals surface area contributed by atoms with Crippen LogP contribution in [-0.2, 0) is 10.8 Å². The highest BCUT2D eigenvalue weighted by molar-refractivity contribution is 7.86. The number of fused-ring (bicyclic) bond motifs is 2. The molecule has 1 aliphatic heterocycles. The lowest BCUT2D eigenvalue weighted by atomic mass is 10.1. The van der Waals surface area contributed by atoms with Crippen LogP contribution in [0, 0.1) is 0 Å². The Labute approximate surface area is 104 Å². The summed E-state index contributed by atoms with van der Waals surface area (Å²) >= 11 is 0.